The molecule has 3 rings (SSSR count). The summed E-state index contributed by atoms with van der Waals surface area (Å²) in [5, 5.41) is 1.17. The van der Waals surface area contributed by atoms with Crippen molar-refractivity contribution in [2.24, 2.45) is 0 Å². The molecule has 0 atom stereocenters. The number of thiazole rings is 1. The van der Waals surface area contributed by atoms with E-state index in [1.54, 1.807) is 18.3 Å². The van der Waals surface area contributed by atoms with Crippen LogP contribution in [0.1, 0.15) is 21.8 Å². The number of nitrogens with zero attached hydrogens (tertiary/aromatic N) is 2. The minimum absolute atomic E-state index is 0.358. The van der Waals surface area contributed by atoms with Crippen LogP contribution in [0.15, 0.2) is 42.6 Å². The van der Waals surface area contributed by atoms with Crippen molar-refractivity contribution in [3.63, 3.8) is 0 Å². The quantitative estimate of drug-likeness (QED) is 0.548. The highest BCUT2D eigenvalue weighted by atomic mass is 35.5. The van der Waals surface area contributed by atoms with Gasteiger partial charge in [0.15, 0.2) is 0 Å². The first-order valence-electron chi connectivity index (χ1n) is 7.07. The van der Waals surface area contributed by atoms with Crippen LogP contribution >= 0.6 is 22.9 Å². The second-order valence-electron chi connectivity index (χ2n) is 5.27. The molecule has 2 heterocycles. The van der Waals surface area contributed by atoms with Crippen molar-refractivity contribution >= 4 is 22.9 Å². The highest BCUT2D eigenvalue weighted by Gasteiger charge is 2.30. The highest BCUT2D eigenvalue weighted by molar-refractivity contribution is 7.15. The Balaban J connectivity index is 1.87. The third kappa shape index (κ3) is 3.76. The highest BCUT2D eigenvalue weighted by Crippen LogP contribution is 2.33. The molecule has 0 amide bonds. The number of hydrogen-bond donors (Lipinski definition) is 0. The Morgan fingerprint density at radius 2 is 1.96 bits per heavy atom. The van der Waals surface area contributed by atoms with Crippen molar-refractivity contribution < 1.29 is 13.2 Å². The standard InChI is InChI=1S/C17H12ClF3N2S/c1-10-16(12-5-6-14(18)22-9-12)24-15(23-10)8-11-3-2-4-13(7-11)17(19,20)21/h2-7,9H,8H2,1H3. The van der Waals surface area contributed by atoms with Gasteiger partial charge in [0.2, 0.25) is 0 Å². The summed E-state index contributed by atoms with van der Waals surface area (Å²) in [6, 6.07) is 8.88. The Hall–Kier alpha value is -1.92. The Bertz CT molecular complexity index is 857. The van der Waals surface area contributed by atoms with E-state index in [1.807, 2.05) is 13.0 Å². The summed E-state index contributed by atoms with van der Waals surface area (Å²) in [5.41, 5.74) is 1.66. The molecule has 124 valence electrons. The molecule has 0 radical (unpaired) electrons. The summed E-state index contributed by atoms with van der Waals surface area (Å²) in [5.74, 6) is 0. The van der Waals surface area contributed by atoms with Crippen molar-refractivity contribution in [1.29, 1.82) is 0 Å². The molecule has 0 spiro atoms. The molecule has 0 N–H and O–H groups in total. The van der Waals surface area contributed by atoms with Crippen molar-refractivity contribution in [1.82, 2.24) is 9.97 Å². The van der Waals surface area contributed by atoms with Gasteiger partial charge in [0, 0.05) is 18.2 Å². The molecule has 0 aliphatic heterocycles. The van der Waals surface area contributed by atoms with E-state index in [0.717, 1.165) is 27.2 Å². The second kappa shape index (κ2) is 6.53. The number of hydrogen-bond acceptors (Lipinski definition) is 3. The van der Waals surface area contributed by atoms with E-state index in [2.05, 4.69) is 9.97 Å². The minimum Gasteiger partial charge on any atom is -0.246 e. The van der Waals surface area contributed by atoms with Crippen LogP contribution < -0.4 is 0 Å². The van der Waals surface area contributed by atoms with E-state index in [4.69, 9.17) is 11.6 Å². The van der Waals surface area contributed by atoms with E-state index < -0.39 is 11.7 Å². The number of aromatic nitrogens is 2. The molecule has 3 aromatic rings. The summed E-state index contributed by atoms with van der Waals surface area (Å²) in [7, 11) is 0. The maximum Gasteiger partial charge on any atom is 0.416 e. The number of aryl methyl sites for hydroxylation is 1. The number of benzene rings is 1. The lowest BCUT2D eigenvalue weighted by Crippen LogP contribution is -2.05. The summed E-state index contributed by atoms with van der Waals surface area (Å²) >= 11 is 7.24. The molecule has 0 saturated heterocycles. The molecule has 2 aromatic heterocycles. The molecule has 0 unspecified atom stereocenters. The zero-order valence-corrected chi connectivity index (χ0v) is 14.1. The maximum atomic E-state index is 12.8. The average Bonchev–Trinajstić information content (AvgIpc) is 2.88. The van der Waals surface area contributed by atoms with Gasteiger partial charge in [0.25, 0.3) is 0 Å². The summed E-state index contributed by atoms with van der Waals surface area (Å²) in [4.78, 5) is 9.47. The summed E-state index contributed by atoms with van der Waals surface area (Å²) in [6.07, 6.45) is -2.32. The Morgan fingerprint density at radius 3 is 2.62 bits per heavy atom. The van der Waals surface area contributed by atoms with Gasteiger partial charge in [0.05, 0.1) is 21.1 Å². The monoisotopic (exact) mass is 368 g/mol. The summed E-state index contributed by atoms with van der Waals surface area (Å²) in [6.45, 7) is 1.87. The second-order valence-corrected chi connectivity index (χ2v) is 6.74. The number of halogens is 4. The van der Waals surface area contributed by atoms with Crippen molar-refractivity contribution in [3.05, 3.63) is 69.6 Å². The van der Waals surface area contributed by atoms with Gasteiger partial charge in [-0.1, -0.05) is 29.8 Å². The summed E-state index contributed by atoms with van der Waals surface area (Å²) < 4.78 is 38.4. The first-order valence-corrected chi connectivity index (χ1v) is 8.27. The zero-order chi connectivity index (χ0) is 17.3. The fourth-order valence-electron chi connectivity index (χ4n) is 2.34. The predicted octanol–water partition coefficient (Wildman–Crippen LogP) is 5.78. The molecule has 24 heavy (non-hydrogen) atoms. The first kappa shape index (κ1) is 16.9. The van der Waals surface area contributed by atoms with Crippen molar-refractivity contribution in [2.45, 2.75) is 19.5 Å². The van der Waals surface area contributed by atoms with E-state index >= 15 is 0 Å². The van der Waals surface area contributed by atoms with E-state index in [9.17, 15) is 13.2 Å². The SMILES string of the molecule is Cc1nc(Cc2cccc(C(F)(F)F)c2)sc1-c1ccc(Cl)nc1. The fourth-order valence-corrected chi connectivity index (χ4v) is 3.54. The molecular weight excluding hydrogens is 357 g/mol. The predicted molar refractivity (Wildman–Crippen MR) is 89.3 cm³/mol. The largest absolute Gasteiger partial charge is 0.416 e. The van der Waals surface area contributed by atoms with Crippen LogP contribution in [-0.2, 0) is 12.6 Å². The van der Waals surface area contributed by atoms with Crippen molar-refractivity contribution in [2.75, 3.05) is 0 Å². The van der Waals surface area contributed by atoms with Crippen LogP contribution in [0, 0.1) is 6.92 Å². The molecule has 0 aliphatic carbocycles. The van der Waals surface area contributed by atoms with Crippen LogP contribution in [0.25, 0.3) is 10.4 Å². The Kier molecular flexibility index (Phi) is 4.60. The van der Waals surface area contributed by atoms with Crippen LogP contribution in [-0.4, -0.2) is 9.97 Å². The normalized spacial score (nSPS) is 11.7. The van der Waals surface area contributed by atoms with Crippen LogP contribution in [0.2, 0.25) is 5.15 Å². The van der Waals surface area contributed by atoms with Crippen LogP contribution in [0.5, 0.6) is 0 Å². The molecule has 0 aliphatic rings. The van der Waals surface area contributed by atoms with Gasteiger partial charge >= 0.3 is 6.18 Å². The Labute approximate surface area is 146 Å². The molecule has 0 saturated carbocycles. The fraction of sp³-hybridized carbons (Fsp3) is 0.176. The van der Waals surface area contributed by atoms with E-state index in [-0.39, 0.29) is 0 Å². The molecule has 0 fully saturated rings. The van der Waals surface area contributed by atoms with Gasteiger partial charge in [-0.2, -0.15) is 13.2 Å². The number of rotatable bonds is 3. The molecular formula is C17H12ClF3N2S. The van der Waals surface area contributed by atoms with Gasteiger partial charge in [-0.05, 0) is 30.7 Å². The zero-order valence-electron chi connectivity index (χ0n) is 12.6. The van der Waals surface area contributed by atoms with E-state index in [1.165, 1.54) is 23.5 Å². The smallest absolute Gasteiger partial charge is 0.246 e. The molecule has 1 aromatic carbocycles. The van der Waals surface area contributed by atoms with Gasteiger partial charge in [-0.3, -0.25) is 0 Å². The minimum atomic E-state index is -4.34. The van der Waals surface area contributed by atoms with Crippen LogP contribution in [0.3, 0.4) is 0 Å². The lowest BCUT2D eigenvalue weighted by molar-refractivity contribution is -0.137. The third-order valence-corrected chi connectivity index (χ3v) is 4.87. The lowest BCUT2D eigenvalue weighted by atomic mass is 10.1. The van der Waals surface area contributed by atoms with Crippen molar-refractivity contribution in [3.8, 4) is 10.4 Å². The topological polar surface area (TPSA) is 25.8 Å². The van der Waals surface area contributed by atoms with E-state index in [0.29, 0.717) is 17.1 Å². The van der Waals surface area contributed by atoms with Gasteiger partial charge in [-0.15, -0.1) is 11.3 Å². The van der Waals surface area contributed by atoms with Gasteiger partial charge < -0.3 is 0 Å². The molecule has 2 nitrogen and oxygen atoms in total. The average molecular weight is 369 g/mol. The molecule has 7 heteroatoms. The Morgan fingerprint density at radius 1 is 1.17 bits per heavy atom. The van der Waals surface area contributed by atoms with Gasteiger partial charge in [0.1, 0.15) is 5.15 Å². The molecule has 0 bridgehead atoms. The lowest BCUT2D eigenvalue weighted by Gasteiger charge is -2.07. The number of pyridine rings is 1. The maximum absolute atomic E-state index is 12.8. The first-order chi connectivity index (χ1) is 11.3. The van der Waals surface area contributed by atoms with Crippen LogP contribution in [0.4, 0.5) is 13.2 Å². The number of alkyl halides is 3. The van der Waals surface area contributed by atoms with Gasteiger partial charge in [-0.25, -0.2) is 9.97 Å². The third-order valence-electron chi connectivity index (χ3n) is 3.44.